The van der Waals surface area contributed by atoms with Crippen LogP contribution in [0.15, 0.2) is 36.4 Å². The first kappa shape index (κ1) is 18.5. The first-order valence-electron chi connectivity index (χ1n) is 8.67. The first-order chi connectivity index (χ1) is 12.5. The minimum Gasteiger partial charge on any atom is -0.496 e. The molecule has 0 unspecified atom stereocenters. The zero-order valence-electron chi connectivity index (χ0n) is 15.4. The molecule has 138 valence electrons. The molecule has 1 amide bonds. The Kier molecular flexibility index (Phi) is 5.69. The second-order valence-electron chi connectivity index (χ2n) is 6.59. The highest BCUT2D eigenvalue weighted by molar-refractivity contribution is 6.31. The summed E-state index contributed by atoms with van der Waals surface area (Å²) in [4.78, 5) is 17.3. The van der Waals surface area contributed by atoms with Crippen molar-refractivity contribution in [3.63, 3.8) is 0 Å². The van der Waals surface area contributed by atoms with Gasteiger partial charge in [0.25, 0.3) is 5.91 Å². The van der Waals surface area contributed by atoms with Crippen LogP contribution in [0.1, 0.15) is 15.9 Å². The summed E-state index contributed by atoms with van der Waals surface area (Å²) in [5, 5.41) is 3.43. The molecule has 3 rings (SSSR count). The van der Waals surface area contributed by atoms with Gasteiger partial charge < -0.3 is 19.9 Å². The fourth-order valence-electron chi connectivity index (χ4n) is 3.19. The average molecular weight is 374 g/mol. The quantitative estimate of drug-likeness (QED) is 0.888. The normalized spacial score (nSPS) is 15.0. The Morgan fingerprint density at radius 1 is 1.12 bits per heavy atom. The van der Waals surface area contributed by atoms with Crippen LogP contribution in [0.4, 0.5) is 11.4 Å². The zero-order chi connectivity index (χ0) is 18.7. The number of nitrogens with one attached hydrogen (secondary N) is 1. The SMILES string of the molecule is COc1ccc(Cl)cc1C(=O)Nc1ccc(N2CCN(C)CC2)c(C)c1. The molecule has 1 saturated heterocycles. The number of anilines is 2. The van der Waals surface area contributed by atoms with Crippen LogP contribution in [-0.2, 0) is 0 Å². The van der Waals surface area contributed by atoms with Gasteiger partial charge in [0.05, 0.1) is 12.7 Å². The molecule has 0 atom stereocenters. The first-order valence-corrected chi connectivity index (χ1v) is 9.05. The van der Waals surface area contributed by atoms with Crippen molar-refractivity contribution in [2.24, 2.45) is 0 Å². The molecule has 26 heavy (non-hydrogen) atoms. The largest absolute Gasteiger partial charge is 0.496 e. The van der Waals surface area contributed by atoms with Crippen molar-refractivity contribution < 1.29 is 9.53 Å². The van der Waals surface area contributed by atoms with Crippen molar-refractivity contribution in [3.8, 4) is 5.75 Å². The van der Waals surface area contributed by atoms with Crippen LogP contribution in [-0.4, -0.2) is 51.1 Å². The van der Waals surface area contributed by atoms with Crippen LogP contribution in [0.5, 0.6) is 5.75 Å². The minimum atomic E-state index is -0.240. The molecule has 0 aliphatic carbocycles. The van der Waals surface area contributed by atoms with Gasteiger partial charge in [-0.3, -0.25) is 4.79 Å². The molecule has 1 heterocycles. The van der Waals surface area contributed by atoms with Crippen molar-refractivity contribution in [3.05, 3.63) is 52.5 Å². The summed E-state index contributed by atoms with van der Waals surface area (Å²) < 4.78 is 5.26. The highest BCUT2D eigenvalue weighted by atomic mass is 35.5. The average Bonchev–Trinajstić information content (AvgIpc) is 2.63. The number of hydrogen-bond acceptors (Lipinski definition) is 4. The molecule has 1 aliphatic rings. The lowest BCUT2D eigenvalue weighted by Crippen LogP contribution is -2.44. The van der Waals surface area contributed by atoms with E-state index in [-0.39, 0.29) is 5.91 Å². The Labute approximate surface area is 159 Å². The summed E-state index contributed by atoms with van der Waals surface area (Å²) in [6.07, 6.45) is 0. The zero-order valence-corrected chi connectivity index (χ0v) is 16.1. The van der Waals surface area contributed by atoms with E-state index in [1.165, 1.54) is 12.8 Å². The van der Waals surface area contributed by atoms with Crippen LogP contribution >= 0.6 is 11.6 Å². The number of aryl methyl sites for hydroxylation is 1. The lowest BCUT2D eigenvalue weighted by Gasteiger charge is -2.35. The topological polar surface area (TPSA) is 44.8 Å². The maximum Gasteiger partial charge on any atom is 0.259 e. The molecule has 2 aromatic carbocycles. The predicted molar refractivity (Wildman–Crippen MR) is 107 cm³/mol. The van der Waals surface area contributed by atoms with E-state index in [9.17, 15) is 4.79 Å². The molecule has 0 aromatic heterocycles. The number of methoxy groups -OCH3 is 1. The van der Waals surface area contributed by atoms with Crippen LogP contribution < -0.4 is 15.0 Å². The third-order valence-corrected chi connectivity index (χ3v) is 4.94. The van der Waals surface area contributed by atoms with Crippen molar-refractivity contribution in [1.29, 1.82) is 0 Å². The number of piperazine rings is 1. The minimum absolute atomic E-state index is 0.240. The molecule has 0 spiro atoms. The molecule has 0 saturated carbocycles. The van der Waals surface area contributed by atoms with Gasteiger partial charge in [-0.15, -0.1) is 0 Å². The monoisotopic (exact) mass is 373 g/mol. The van der Waals surface area contributed by atoms with E-state index >= 15 is 0 Å². The Hall–Kier alpha value is -2.24. The van der Waals surface area contributed by atoms with Gasteiger partial charge in [-0.05, 0) is 55.9 Å². The van der Waals surface area contributed by atoms with Gasteiger partial charge in [-0.2, -0.15) is 0 Å². The second-order valence-corrected chi connectivity index (χ2v) is 7.03. The number of carbonyl (C=O) groups excluding carboxylic acids is 1. The van der Waals surface area contributed by atoms with Crippen molar-refractivity contribution in [1.82, 2.24) is 4.90 Å². The summed E-state index contributed by atoms with van der Waals surface area (Å²) in [7, 11) is 3.68. The van der Waals surface area contributed by atoms with Gasteiger partial charge in [0.2, 0.25) is 0 Å². The van der Waals surface area contributed by atoms with Crippen LogP contribution in [0.3, 0.4) is 0 Å². The molecule has 0 bridgehead atoms. The van der Waals surface area contributed by atoms with Crippen molar-refractivity contribution in [2.75, 3.05) is 50.6 Å². The summed E-state index contributed by atoms with van der Waals surface area (Å²) in [5.74, 6) is 0.258. The van der Waals surface area contributed by atoms with Crippen LogP contribution in [0, 0.1) is 6.92 Å². The molecule has 2 aromatic rings. The number of halogens is 1. The van der Waals surface area contributed by atoms with Gasteiger partial charge in [0, 0.05) is 42.6 Å². The molecule has 5 nitrogen and oxygen atoms in total. The number of carbonyl (C=O) groups is 1. The van der Waals surface area contributed by atoms with Gasteiger partial charge in [-0.1, -0.05) is 11.6 Å². The van der Waals surface area contributed by atoms with Gasteiger partial charge in [-0.25, -0.2) is 0 Å². The Morgan fingerprint density at radius 2 is 1.85 bits per heavy atom. The number of likely N-dealkylation sites (N-methyl/N-ethyl adjacent to an activating group) is 1. The highest BCUT2D eigenvalue weighted by Gasteiger charge is 2.17. The molecule has 1 fully saturated rings. The van der Waals surface area contributed by atoms with E-state index in [1.807, 2.05) is 12.1 Å². The lowest BCUT2D eigenvalue weighted by molar-refractivity contribution is 0.102. The Morgan fingerprint density at radius 3 is 2.50 bits per heavy atom. The Balaban J connectivity index is 1.76. The number of nitrogens with zero attached hydrogens (tertiary/aromatic N) is 2. The van der Waals surface area contributed by atoms with E-state index in [0.29, 0.717) is 16.3 Å². The van der Waals surface area contributed by atoms with E-state index in [4.69, 9.17) is 16.3 Å². The third-order valence-electron chi connectivity index (χ3n) is 4.70. The summed E-state index contributed by atoms with van der Waals surface area (Å²) >= 11 is 6.02. The van der Waals surface area contributed by atoms with Gasteiger partial charge >= 0.3 is 0 Å². The number of benzene rings is 2. The maximum absolute atomic E-state index is 12.6. The number of ether oxygens (including phenoxy) is 1. The smallest absolute Gasteiger partial charge is 0.259 e. The van der Waals surface area contributed by atoms with E-state index in [1.54, 1.807) is 18.2 Å². The number of amides is 1. The standard InChI is InChI=1S/C20H24ClN3O2/c1-14-12-16(5-6-18(14)24-10-8-23(2)9-11-24)22-20(25)17-13-15(21)4-7-19(17)26-3/h4-7,12-13H,8-11H2,1-3H3,(H,22,25). The Bertz CT molecular complexity index is 802. The van der Waals surface area contributed by atoms with Crippen LogP contribution in [0.2, 0.25) is 5.02 Å². The lowest BCUT2D eigenvalue weighted by atomic mass is 10.1. The molecule has 1 N–H and O–H groups in total. The number of hydrogen-bond donors (Lipinski definition) is 1. The molecular formula is C20H24ClN3O2. The number of rotatable bonds is 4. The summed E-state index contributed by atoms with van der Waals surface area (Å²) in [6, 6.07) is 11.0. The van der Waals surface area contributed by atoms with E-state index in [2.05, 4.69) is 35.2 Å². The van der Waals surface area contributed by atoms with Gasteiger partial charge in [0.1, 0.15) is 5.75 Å². The second kappa shape index (κ2) is 7.98. The maximum atomic E-state index is 12.6. The summed E-state index contributed by atoms with van der Waals surface area (Å²) in [6.45, 7) is 6.23. The molecule has 0 radical (unpaired) electrons. The highest BCUT2D eigenvalue weighted by Crippen LogP contribution is 2.27. The third kappa shape index (κ3) is 4.11. The predicted octanol–water partition coefficient (Wildman–Crippen LogP) is 3.66. The van der Waals surface area contributed by atoms with Crippen LogP contribution in [0.25, 0.3) is 0 Å². The summed E-state index contributed by atoms with van der Waals surface area (Å²) in [5.41, 5.74) is 3.54. The van der Waals surface area contributed by atoms with Crippen molar-refractivity contribution >= 4 is 28.9 Å². The fourth-order valence-corrected chi connectivity index (χ4v) is 3.36. The molecular weight excluding hydrogens is 350 g/mol. The fraction of sp³-hybridized carbons (Fsp3) is 0.350. The van der Waals surface area contributed by atoms with E-state index in [0.717, 1.165) is 37.4 Å². The van der Waals surface area contributed by atoms with Gasteiger partial charge in [0.15, 0.2) is 0 Å². The molecule has 1 aliphatic heterocycles. The molecule has 6 heteroatoms. The van der Waals surface area contributed by atoms with Crippen molar-refractivity contribution in [2.45, 2.75) is 6.92 Å². The van der Waals surface area contributed by atoms with E-state index < -0.39 is 0 Å².